The van der Waals surface area contributed by atoms with E-state index >= 15 is 0 Å². The Kier molecular flexibility index (Phi) is 3.95. The number of hydrogen-bond donors (Lipinski definition) is 0. The van der Waals surface area contributed by atoms with Crippen molar-refractivity contribution in [2.45, 2.75) is 34.6 Å². The molecule has 0 heterocycles. The topological polar surface area (TPSA) is 17.1 Å². The van der Waals surface area contributed by atoms with Crippen molar-refractivity contribution >= 4 is 5.78 Å². The summed E-state index contributed by atoms with van der Waals surface area (Å²) in [5, 5.41) is 0. The smallest absolute Gasteiger partial charge is 0.196 e. The van der Waals surface area contributed by atoms with Crippen molar-refractivity contribution in [1.82, 2.24) is 0 Å². The molecular weight excluding hydrogens is 270 g/mol. The third-order valence-electron chi connectivity index (χ3n) is 4.40. The van der Waals surface area contributed by atoms with Crippen LogP contribution in [0.15, 0.2) is 18.2 Å². The standard InChI is InChI=1S/C18H18F2O/c1-9-10(2)12(4)17(13(5)11(9)3)18(21)15-7-6-14(19)8-16(15)20/h6-8H,1-5H3. The van der Waals surface area contributed by atoms with Crippen molar-refractivity contribution < 1.29 is 13.6 Å². The second kappa shape index (κ2) is 5.40. The summed E-state index contributed by atoms with van der Waals surface area (Å²) in [4.78, 5) is 12.7. The fourth-order valence-electron chi connectivity index (χ4n) is 2.65. The molecule has 0 aliphatic rings. The Morgan fingerprint density at radius 1 is 0.810 bits per heavy atom. The van der Waals surface area contributed by atoms with Gasteiger partial charge in [-0.1, -0.05) is 0 Å². The predicted molar refractivity (Wildman–Crippen MR) is 79.9 cm³/mol. The molecule has 3 heteroatoms. The Hall–Kier alpha value is -2.03. The zero-order valence-electron chi connectivity index (χ0n) is 12.9. The highest BCUT2D eigenvalue weighted by atomic mass is 19.1. The molecule has 0 aromatic heterocycles. The minimum Gasteiger partial charge on any atom is -0.288 e. The summed E-state index contributed by atoms with van der Waals surface area (Å²) in [5.74, 6) is -1.91. The maximum absolute atomic E-state index is 13.9. The van der Waals surface area contributed by atoms with Crippen molar-refractivity contribution in [3.8, 4) is 0 Å². The van der Waals surface area contributed by atoms with Crippen LogP contribution in [0.1, 0.15) is 43.7 Å². The molecule has 2 aromatic rings. The van der Waals surface area contributed by atoms with Crippen molar-refractivity contribution in [2.24, 2.45) is 0 Å². The number of hydrogen-bond acceptors (Lipinski definition) is 1. The first-order valence-corrected chi connectivity index (χ1v) is 6.82. The minimum absolute atomic E-state index is 0.0924. The fraction of sp³-hybridized carbons (Fsp3) is 0.278. The van der Waals surface area contributed by atoms with Crippen LogP contribution in [0.3, 0.4) is 0 Å². The molecule has 0 bridgehead atoms. The number of carbonyl (C=O) groups excluding carboxylic acids is 1. The average molecular weight is 288 g/mol. The molecule has 0 aliphatic heterocycles. The van der Waals surface area contributed by atoms with Gasteiger partial charge in [0, 0.05) is 11.6 Å². The van der Waals surface area contributed by atoms with E-state index in [0.717, 1.165) is 39.9 Å². The van der Waals surface area contributed by atoms with E-state index in [-0.39, 0.29) is 5.56 Å². The van der Waals surface area contributed by atoms with Crippen molar-refractivity contribution in [2.75, 3.05) is 0 Å². The van der Waals surface area contributed by atoms with E-state index in [1.165, 1.54) is 6.07 Å². The van der Waals surface area contributed by atoms with Crippen LogP contribution in [0.4, 0.5) is 8.78 Å². The van der Waals surface area contributed by atoms with Gasteiger partial charge in [-0.25, -0.2) is 8.78 Å². The van der Waals surface area contributed by atoms with Crippen LogP contribution in [0, 0.1) is 46.3 Å². The molecular formula is C18H18F2O. The summed E-state index contributed by atoms with van der Waals surface area (Å²) >= 11 is 0. The molecule has 0 N–H and O–H groups in total. The van der Waals surface area contributed by atoms with Crippen LogP contribution in [0.2, 0.25) is 0 Å². The van der Waals surface area contributed by atoms with E-state index in [4.69, 9.17) is 0 Å². The van der Waals surface area contributed by atoms with Crippen molar-refractivity contribution in [3.05, 3.63) is 68.8 Å². The normalized spacial score (nSPS) is 10.8. The molecule has 21 heavy (non-hydrogen) atoms. The first kappa shape index (κ1) is 15.4. The van der Waals surface area contributed by atoms with Crippen LogP contribution in [-0.4, -0.2) is 5.78 Å². The molecule has 0 spiro atoms. The van der Waals surface area contributed by atoms with Gasteiger partial charge in [-0.05, 0) is 74.6 Å². The molecule has 1 nitrogen and oxygen atoms in total. The van der Waals surface area contributed by atoms with Crippen molar-refractivity contribution in [1.29, 1.82) is 0 Å². The minimum atomic E-state index is -0.824. The average Bonchev–Trinajstić information content (AvgIpc) is 2.43. The zero-order valence-corrected chi connectivity index (χ0v) is 12.9. The van der Waals surface area contributed by atoms with Crippen molar-refractivity contribution in [3.63, 3.8) is 0 Å². The lowest BCUT2D eigenvalue weighted by Gasteiger charge is -2.18. The molecule has 2 rings (SSSR count). The van der Waals surface area contributed by atoms with Gasteiger partial charge in [0.2, 0.25) is 0 Å². The van der Waals surface area contributed by atoms with E-state index in [1.54, 1.807) is 0 Å². The predicted octanol–water partition coefficient (Wildman–Crippen LogP) is 4.74. The van der Waals surface area contributed by atoms with Crippen LogP contribution < -0.4 is 0 Å². The molecule has 0 radical (unpaired) electrons. The third kappa shape index (κ3) is 2.48. The molecule has 0 unspecified atom stereocenters. The summed E-state index contributed by atoms with van der Waals surface area (Å²) < 4.78 is 26.9. The third-order valence-corrected chi connectivity index (χ3v) is 4.40. The fourth-order valence-corrected chi connectivity index (χ4v) is 2.65. The Balaban J connectivity index is 2.70. The van der Waals surface area contributed by atoms with E-state index in [0.29, 0.717) is 5.56 Å². The highest BCUT2D eigenvalue weighted by Gasteiger charge is 2.21. The largest absolute Gasteiger partial charge is 0.288 e. The van der Waals surface area contributed by atoms with E-state index < -0.39 is 17.4 Å². The lowest BCUT2D eigenvalue weighted by molar-refractivity contribution is 0.103. The molecule has 110 valence electrons. The van der Waals surface area contributed by atoms with Crippen LogP contribution in [0.25, 0.3) is 0 Å². The quantitative estimate of drug-likeness (QED) is 0.730. The van der Waals surface area contributed by atoms with Crippen LogP contribution >= 0.6 is 0 Å². The Bertz CT molecular complexity index is 716. The number of ketones is 1. The number of benzene rings is 2. The van der Waals surface area contributed by atoms with Crippen LogP contribution in [-0.2, 0) is 0 Å². The van der Waals surface area contributed by atoms with Gasteiger partial charge in [-0.3, -0.25) is 4.79 Å². The zero-order chi connectivity index (χ0) is 15.9. The molecule has 0 aliphatic carbocycles. The summed E-state index contributed by atoms with van der Waals surface area (Å²) in [5.41, 5.74) is 5.33. The van der Waals surface area contributed by atoms with Gasteiger partial charge in [-0.15, -0.1) is 0 Å². The molecule has 0 fully saturated rings. The lowest BCUT2D eigenvalue weighted by Crippen LogP contribution is -2.12. The summed E-state index contributed by atoms with van der Waals surface area (Å²) in [6.07, 6.45) is 0. The number of halogens is 2. The SMILES string of the molecule is Cc1c(C)c(C)c(C(=O)c2ccc(F)cc2F)c(C)c1C. The summed E-state index contributed by atoms with van der Waals surface area (Å²) in [7, 11) is 0. The molecule has 0 saturated heterocycles. The summed E-state index contributed by atoms with van der Waals surface area (Å²) in [6, 6.07) is 3.05. The lowest BCUT2D eigenvalue weighted by atomic mass is 9.86. The van der Waals surface area contributed by atoms with E-state index in [1.807, 2.05) is 34.6 Å². The highest BCUT2D eigenvalue weighted by molar-refractivity contribution is 6.11. The molecule has 2 aromatic carbocycles. The highest BCUT2D eigenvalue weighted by Crippen LogP contribution is 2.28. The summed E-state index contributed by atoms with van der Waals surface area (Å²) in [6.45, 7) is 9.65. The molecule has 0 saturated carbocycles. The maximum atomic E-state index is 13.9. The van der Waals surface area contributed by atoms with E-state index in [2.05, 4.69) is 0 Å². The molecule has 0 amide bonds. The van der Waals surface area contributed by atoms with Gasteiger partial charge in [0.1, 0.15) is 11.6 Å². The van der Waals surface area contributed by atoms with Gasteiger partial charge in [0.25, 0.3) is 0 Å². The first-order chi connectivity index (χ1) is 9.75. The second-order valence-corrected chi connectivity index (χ2v) is 5.45. The van der Waals surface area contributed by atoms with Gasteiger partial charge >= 0.3 is 0 Å². The van der Waals surface area contributed by atoms with Gasteiger partial charge in [0.05, 0.1) is 5.56 Å². The number of rotatable bonds is 2. The van der Waals surface area contributed by atoms with E-state index in [9.17, 15) is 13.6 Å². The number of carbonyl (C=O) groups is 1. The maximum Gasteiger partial charge on any atom is 0.196 e. The van der Waals surface area contributed by atoms with Gasteiger partial charge in [-0.2, -0.15) is 0 Å². The van der Waals surface area contributed by atoms with Crippen LogP contribution in [0.5, 0.6) is 0 Å². The Labute approximate surface area is 123 Å². The monoisotopic (exact) mass is 288 g/mol. The van der Waals surface area contributed by atoms with Gasteiger partial charge in [0.15, 0.2) is 5.78 Å². The second-order valence-electron chi connectivity index (χ2n) is 5.45. The molecule has 0 atom stereocenters. The van der Waals surface area contributed by atoms with Gasteiger partial charge < -0.3 is 0 Å². The Morgan fingerprint density at radius 3 is 1.76 bits per heavy atom. The first-order valence-electron chi connectivity index (χ1n) is 6.82. The Morgan fingerprint density at radius 2 is 1.29 bits per heavy atom.